The monoisotopic (exact) mass is 404 g/mol. The Morgan fingerprint density at radius 2 is 1.83 bits per heavy atom. The second-order valence-electron chi connectivity index (χ2n) is 11.5. The van der Waals surface area contributed by atoms with Crippen LogP contribution in [0, 0.1) is 58.7 Å². The SMILES string of the molecule is C#CC1(O)CCC2(C)C(CC(O)C3C2CC(O)C2(C)C(C(C)CCO)CCC32)C1. The highest BCUT2D eigenvalue weighted by Crippen LogP contribution is 2.68. The van der Waals surface area contributed by atoms with Gasteiger partial charge in [0.1, 0.15) is 5.60 Å². The van der Waals surface area contributed by atoms with E-state index in [2.05, 4.69) is 26.7 Å². The zero-order valence-corrected chi connectivity index (χ0v) is 18.3. The summed E-state index contributed by atoms with van der Waals surface area (Å²) < 4.78 is 0. The lowest BCUT2D eigenvalue weighted by Gasteiger charge is -2.64. The van der Waals surface area contributed by atoms with Crippen molar-refractivity contribution in [3.05, 3.63) is 0 Å². The van der Waals surface area contributed by atoms with Crippen molar-refractivity contribution in [3.8, 4) is 12.3 Å². The summed E-state index contributed by atoms with van der Waals surface area (Å²) in [6, 6.07) is 0. The summed E-state index contributed by atoms with van der Waals surface area (Å²) in [7, 11) is 0. The van der Waals surface area contributed by atoms with Gasteiger partial charge in [-0.25, -0.2) is 0 Å². The molecule has 11 unspecified atom stereocenters. The van der Waals surface area contributed by atoms with Crippen molar-refractivity contribution in [3.63, 3.8) is 0 Å². The first-order valence-electron chi connectivity index (χ1n) is 11.8. The molecule has 0 aliphatic heterocycles. The third-order valence-electron chi connectivity index (χ3n) is 10.5. The molecule has 4 N–H and O–H groups in total. The Bertz CT molecular complexity index is 672. The number of hydrogen-bond acceptors (Lipinski definition) is 4. The van der Waals surface area contributed by atoms with Crippen LogP contribution in [0.25, 0.3) is 0 Å². The Kier molecular flexibility index (Phi) is 5.39. The standard InChI is InChI=1S/C25H40O4/c1-5-25(29)10-9-23(3)16(14-25)12-20(27)22-18-7-6-17(15(2)8-11-26)24(18,4)21(28)13-19(22)23/h1,15-22,26-29H,6-14H2,2-4H3. The first kappa shape index (κ1) is 21.6. The Labute approximate surface area is 176 Å². The van der Waals surface area contributed by atoms with Gasteiger partial charge in [0.25, 0.3) is 0 Å². The molecule has 0 radical (unpaired) electrons. The summed E-state index contributed by atoms with van der Waals surface area (Å²) in [5.41, 5.74) is -1.21. The minimum atomic E-state index is -1.04. The quantitative estimate of drug-likeness (QED) is 0.545. The minimum absolute atomic E-state index is 0.0179. The third kappa shape index (κ3) is 3.03. The van der Waals surface area contributed by atoms with Crippen LogP contribution < -0.4 is 0 Å². The molecule has 4 fully saturated rings. The molecule has 11 atom stereocenters. The topological polar surface area (TPSA) is 80.9 Å². The minimum Gasteiger partial charge on any atom is -0.396 e. The molecule has 0 heterocycles. The molecule has 0 bridgehead atoms. The lowest BCUT2D eigenvalue weighted by Crippen LogP contribution is -2.63. The Hall–Kier alpha value is -0.600. The summed E-state index contributed by atoms with van der Waals surface area (Å²) >= 11 is 0. The second kappa shape index (κ2) is 7.23. The predicted octanol–water partition coefficient (Wildman–Crippen LogP) is 2.97. The van der Waals surface area contributed by atoms with Crippen molar-refractivity contribution in [2.24, 2.45) is 46.3 Å². The van der Waals surface area contributed by atoms with Crippen molar-refractivity contribution in [2.45, 2.75) is 89.9 Å². The van der Waals surface area contributed by atoms with E-state index in [0.29, 0.717) is 37.0 Å². The van der Waals surface area contributed by atoms with Crippen LogP contribution in [0.3, 0.4) is 0 Å². The molecule has 0 spiro atoms. The van der Waals surface area contributed by atoms with Crippen LogP contribution >= 0.6 is 0 Å². The van der Waals surface area contributed by atoms with E-state index in [-0.39, 0.29) is 47.4 Å². The Morgan fingerprint density at radius 1 is 1.10 bits per heavy atom. The molecule has 0 amide bonds. The Morgan fingerprint density at radius 3 is 2.48 bits per heavy atom. The molecule has 4 saturated carbocycles. The average molecular weight is 405 g/mol. The fourth-order valence-corrected chi connectivity index (χ4v) is 8.68. The lowest BCUT2D eigenvalue weighted by atomic mass is 9.42. The highest BCUT2D eigenvalue weighted by atomic mass is 16.3. The largest absolute Gasteiger partial charge is 0.396 e. The van der Waals surface area contributed by atoms with Gasteiger partial charge in [-0.15, -0.1) is 6.42 Å². The van der Waals surface area contributed by atoms with Crippen LogP contribution in [0.1, 0.15) is 72.1 Å². The van der Waals surface area contributed by atoms with E-state index in [1.165, 1.54) is 0 Å². The van der Waals surface area contributed by atoms with Gasteiger partial charge >= 0.3 is 0 Å². The van der Waals surface area contributed by atoms with Gasteiger partial charge in [-0.05, 0) is 97.7 Å². The molecular formula is C25H40O4. The summed E-state index contributed by atoms with van der Waals surface area (Å²) in [4.78, 5) is 0. The normalized spacial score (nSPS) is 55.3. The third-order valence-corrected chi connectivity index (χ3v) is 10.5. The van der Waals surface area contributed by atoms with Crippen LogP contribution in [0.2, 0.25) is 0 Å². The zero-order valence-electron chi connectivity index (χ0n) is 18.3. The van der Waals surface area contributed by atoms with E-state index in [1.54, 1.807) is 0 Å². The number of rotatable bonds is 3. The van der Waals surface area contributed by atoms with Crippen molar-refractivity contribution >= 4 is 0 Å². The van der Waals surface area contributed by atoms with Crippen molar-refractivity contribution in [1.29, 1.82) is 0 Å². The first-order valence-corrected chi connectivity index (χ1v) is 11.8. The highest BCUT2D eigenvalue weighted by molar-refractivity contribution is 5.18. The van der Waals surface area contributed by atoms with Gasteiger partial charge in [-0.3, -0.25) is 0 Å². The van der Waals surface area contributed by atoms with E-state index in [4.69, 9.17) is 6.42 Å². The summed E-state index contributed by atoms with van der Waals surface area (Å²) in [6.45, 7) is 6.99. The van der Waals surface area contributed by atoms with Crippen LogP contribution in [0.5, 0.6) is 0 Å². The Balaban J connectivity index is 1.65. The van der Waals surface area contributed by atoms with Crippen molar-refractivity contribution < 1.29 is 20.4 Å². The van der Waals surface area contributed by atoms with Crippen LogP contribution in [0.15, 0.2) is 0 Å². The van der Waals surface area contributed by atoms with Crippen molar-refractivity contribution in [2.75, 3.05) is 6.61 Å². The number of terminal acetylenes is 1. The van der Waals surface area contributed by atoms with Crippen LogP contribution in [0.4, 0.5) is 0 Å². The molecular weight excluding hydrogens is 364 g/mol. The molecule has 164 valence electrons. The molecule has 0 aromatic carbocycles. The van der Waals surface area contributed by atoms with Gasteiger partial charge in [0.05, 0.1) is 12.2 Å². The number of fused-ring (bicyclic) bond motifs is 5. The van der Waals surface area contributed by atoms with Gasteiger partial charge < -0.3 is 20.4 Å². The lowest BCUT2D eigenvalue weighted by molar-refractivity contribution is -0.211. The van der Waals surface area contributed by atoms with Crippen LogP contribution in [-0.4, -0.2) is 44.8 Å². The fraction of sp³-hybridized carbons (Fsp3) is 0.920. The average Bonchev–Trinajstić information content (AvgIpc) is 3.03. The highest BCUT2D eigenvalue weighted by Gasteiger charge is 2.66. The van der Waals surface area contributed by atoms with E-state index in [1.807, 2.05) is 0 Å². The van der Waals surface area contributed by atoms with Gasteiger partial charge in [0.15, 0.2) is 0 Å². The van der Waals surface area contributed by atoms with E-state index in [0.717, 1.165) is 32.1 Å². The molecule has 0 saturated heterocycles. The fourth-order valence-electron chi connectivity index (χ4n) is 8.68. The van der Waals surface area contributed by atoms with E-state index >= 15 is 0 Å². The first-order chi connectivity index (χ1) is 13.6. The number of hydrogen-bond donors (Lipinski definition) is 4. The maximum absolute atomic E-state index is 11.5. The smallest absolute Gasteiger partial charge is 0.125 e. The molecule has 0 aromatic heterocycles. The van der Waals surface area contributed by atoms with E-state index in [9.17, 15) is 20.4 Å². The van der Waals surface area contributed by atoms with Gasteiger partial charge in [-0.1, -0.05) is 26.7 Å². The summed E-state index contributed by atoms with van der Waals surface area (Å²) in [5, 5.41) is 43.0. The van der Waals surface area contributed by atoms with E-state index < -0.39 is 5.60 Å². The molecule has 4 rings (SSSR count). The van der Waals surface area contributed by atoms with Gasteiger partial charge in [-0.2, -0.15) is 0 Å². The van der Waals surface area contributed by atoms with Crippen LogP contribution in [-0.2, 0) is 0 Å². The summed E-state index contributed by atoms with van der Waals surface area (Å²) in [5.74, 6) is 4.40. The number of aliphatic hydroxyl groups is 4. The molecule has 4 aliphatic rings. The van der Waals surface area contributed by atoms with Gasteiger partial charge in [0.2, 0.25) is 0 Å². The second-order valence-corrected chi connectivity index (χ2v) is 11.5. The summed E-state index contributed by atoms with van der Waals surface area (Å²) in [6.07, 6.45) is 11.3. The molecule has 4 aliphatic carbocycles. The van der Waals surface area contributed by atoms with Gasteiger partial charge in [0, 0.05) is 6.61 Å². The molecule has 29 heavy (non-hydrogen) atoms. The molecule has 0 aromatic rings. The maximum atomic E-state index is 11.5. The number of aliphatic hydroxyl groups excluding tert-OH is 3. The predicted molar refractivity (Wildman–Crippen MR) is 113 cm³/mol. The maximum Gasteiger partial charge on any atom is 0.125 e. The molecule has 4 heteroatoms. The van der Waals surface area contributed by atoms with Crippen molar-refractivity contribution in [1.82, 2.24) is 0 Å². The zero-order chi connectivity index (χ0) is 21.2. The molecule has 4 nitrogen and oxygen atoms in total.